The molecule has 0 aliphatic heterocycles. The van der Waals surface area contributed by atoms with Gasteiger partial charge < -0.3 is 10.1 Å². The highest BCUT2D eigenvalue weighted by molar-refractivity contribution is 6.36. The molecule has 0 saturated heterocycles. The minimum atomic E-state index is -0.100. The molecule has 1 atom stereocenters. The smallest absolute Gasteiger partial charge is 0.0834 e. The summed E-state index contributed by atoms with van der Waals surface area (Å²) in [5.41, 5.74) is 0.922. The Morgan fingerprint density at radius 2 is 1.81 bits per heavy atom. The molecule has 1 aliphatic carbocycles. The Labute approximate surface area is 138 Å². The van der Waals surface area contributed by atoms with Crippen LogP contribution < -0.4 is 5.32 Å². The maximum atomic E-state index is 6.35. The van der Waals surface area contributed by atoms with E-state index in [1.807, 2.05) is 25.3 Å². The summed E-state index contributed by atoms with van der Waals surface area (Å²) in [6.07, 6.45) is 6.77. The summed E-state index contributed by atoms with van der Waals surface area (Å²) in [6, 6.07) is 5.95. The Morgan fingerprint density at radius 1 is 1.19 bits per heavy atom. The maximum Gasteiger partial charge on any atom is 0.0834 e. The van der Waals surface area contributed by atoms with E-state index in [0.717, 1.165) is 41.4 Å². The number of benzene rings is 1. The van der Waals surface area contributed by atoms with Crippen molar-refractivity contribution < 1.29 is 4.74 Å². The quantitative estimate of drug-likeness (QED) is 0.804. The van der Waals surface area contributed by atoms with Gasteiger partial charge in [0, 0.05) is 23.2 Å². The number of nitrogens with one attached hydrogen (secondary N) is 1. The summed E-state index contributed by atoms with van der Waals surface area (Å²) in [5.74, 6) is 0. The van der Waals surface area contributed by atoms with Gasteiger partial charge in [-0.15, -0.1) is 0 Å². The van der Waals surface area contributed by atoms with Gasteiger partial charge in [-0.2, -0.15) is 0 Å². The van der Waals surface area contributed by atoms with Gasteiger partial charge in [0.05, 0.1) is 5.60 Å². The number of hydrogen-bond acceptors (Lipinski definition) is 2. The van der Waals surface area contributed by atoms with Crippen molar-refractivity contribution >= 4 is 23.2 Å². The van der Waals surface area contributed by atoms with Gasteiger partial charge in [-0.05, 0) is 43.5 Å². The molecule has 0 spiro atoms. The summed E-state index contributed by atoms with van der Waals surface area (Å²) >= 11 is 12.7. The third-order valence-corrected chi connectivity index (χ3v) is 5.37. The Kier molecular flexibility index (Phi) is 6.36. The topological polar surface area (TPSA) is 21.3 Å². The summed E-state index contributed by atoms with van der Waals surface area (Å²) in [4.78, 5) is 0. The highest BCUT2D eigenvalue weighted by Crippen LogP contribution is 2.37. The second-order valence-corrected chi connectivity index (χ2v) is 6.66. The van der Waals surface area contributed by atoms with Crippen molar-refractivity contribution in [1.29, 1.82) is 0 Å². The molecule has 0 heterocycles. The standard InChI is InChI=1S/C17H25Cl2NO/c1-3-20-16(17(21-2)10-5-4-6-11-17)12-13-14(18)8-7-9-15(13)19/h7-9,16,20H,3-6,10-12H2,1-2H3. The maximum absolute atomic E-state index is 6.35. The van der Waals surface area contributed by atoms with E-state index in [2.05, 4.69) is 12.2 Å². The molecule has 1 N–H and O–H groups in total. The molecule has 2 rings (SSSR count). The van der Waals surface area contributed by atoms with Gasteiger partial charge in [0.15, 0.2) is 0 Å². The molecule has 1 aromatic rings. The Hall–Kier alpha value is -0.280. The van der Waals surface area contributed by atoms with Crippen molar-refractivity contribution in [1.82, 2.24) is 5.32 Å². The highest BCUT2D eigenvalue weighted by atomic mass is 35.5. The molecule has 1 unspecified atom stereocenters. The van der Waals surface area contributed by atoms with Crippen molar-refractivity contribution in [2.75, 3.05) is 13.7 Å². The van der Waals surface area contributed by atoms with Gasteiger partial charge >= 0.3 is 0 Å². The van der Waals surface area contributed by atoms with Gasteiger partial charge in [-0.1, -0.05) is 55.5 Å². The van der Waals surface area contributed by atoms with Crippen LogP contribution in [0.15, 0.2) is 18.2 Å². The summed E-state index contributed by atoms with van der Waals surface area (Å²) in [6.45, 7) is 3.05. The van der Waals surface area contributed by atoms with Crippen LogP contribution in [0.5, 0.6) is 0 Å². The lowest BCUT2D eigenvalue weighted by atomic mass is 9.77. The number of ether oxygens (including phenoxy) is 1. The van der Waals surface area contributed by atoms with Crippen LogP contribution in [0.4, 0.5) is 0 Å². The minimum Gasteiger partial charge on any atom is -0.377 e. The first-order valence-electron chi connectivity index (χ1n) is 7.84. The van der Waals surface area contributed by atoms with E-state index in [-0.39, 0.29) is 11.6 Å². The van der Waals surface area contributed by atoms with E-state index in [1.165, 1.54) is 19.3 Å². The van der Waals surface area contributed by atoms with Crippen LogP contribution in [0.2, 0.25) is 10.0 Å². The number of halogens is 2. The molecule has 118 valence electrons. The van der Waals surface area contributed by atoms with Crippen LogP contribution in [0, 0.1) is 0 Å². The zero-order valence-corrected chi connectivity index (χ0v) is 14.4. The molecule has 0 radical (unpaired) electrons. The van der Waals surface area contributed by atoms with E-state index in [0.29, 0.717) is 0 Å². The summed E-state index contributed by atoms with van der Waals surface area (Å²) in [5, 5.41) is 5.09. The third-order valence-electron chi connectivity index (χ3n) is 4.66. The number of rotatable bonds is 6. The molecule has 1 aromatic carbocycles. The van der Waals surface area contributed by atoms with E-state index in [4.69, 9.17) is 27.9 Å². The van der Waals surface area contributed by atoms with Crippen LogP contribution >= 0.6 is 23.2 Å². The minimum absolute atomic E-state index is 0.100. The first-order chi connectivity index (χ1) is 10.1. The molecule has 4 heteroatoms. The lowest BCUT2D eigenvalue weighted by molar-refractivity contribution is -0.0669. The molecule has 0 amide bonds. The van der Waals surface area contributed by atoms with Crippen molar-refractivity contribution in [3.63, 3.8) is 0 Å². The van der Waals surface area contributed by atoms with Crippen LogP contribution in [0.25, 0.3) is 0 Å². The van der Waals surface area contributed by atoms with Crippen LogP contribution in [-0.4, -0.2) is 25.3 Å². The summed E-state index contributed by atoms with van der Waals surface area (Å²) in [7, 11) is 1.84. The fourth-order valence-corrected chi connectivity index (χ4v) is 4.02. The summed E-state index contributed by atoms with van der Waals surface area (Å²) < 4.78 is 6.00. The lowest BCUT2D eigenvalue weighted by Crippen LogP contribution is -2.54. The molecule has 1 saturated carbocycles. The average molecular weight is 330 g/mol. The zero-order valence-electron chi connectivity index (χ0n) is 12.9. The van der Waals surface area contributed by atoms with Gasteiger partial charge in [0.25, 0.3) is 0 Å². The Morgan fingerprint density at radius 3 is 2.33 bits per heavy atom. The molecule has 1 aliphatic rings. The zero-order chi connectivity index (χ0) is 15.3. The molecule has 1 fully saturated rings. The SMILES string of the molecule is CCNC(Cc1c(Cl)cccc1Cl)C1(OC)CCCCC1. The molecule has 0 bridgehead atoms. The van der Waals surface area contributed by atoms with Gasteiger partial charge in [0.2, 0.25) is 0 Å². The van der Waals surface area contributed by atoms with Crippen LogP contribution in [0.3, 0.4) is 0 Å². The van der Waals surface area contributed by atoms with Crippen molar-refractivity contribution in [2.24, 2.45) is 0 Å². The second kappa shape index (κ2) is 7.82. The van der Waals surface area contributed by atoms with E-state index >= 15 is 0 Å². The third kappa shape index (κ3) is 3.92. The van der Waals surface area contributed by atoms with Crippen molar-refractivity contribution in [3.8, 4) is 0 Å². The van der Waals surface area contributed by atoms with E-state index in [1.54, 1.807) is 0 Å². The van der Waals surface area contributed by atoms with Crippen LogP contribution in [0.1, 0.15) is 44.6 Å². The van der Waals surface area contributed by atoms with Gasteiger partial charge in [-0.25, -0.2) is 0 Å². The Bertz CT molecular complexity index is 438. The number of methoxy groups -OCH3 is 1. The first-order valence-corrected chi connectivity index (χ1v) is 8.60. The predicted molar refractivity (Wildman–Crippen MR) is 90.5 cm³/mol. The van der Waals surface area contributed by atoms with E-state index in [9.17, 15) is 0 Å². The second-order valence-electron chi connectivity index (χ2n) is 5.84. The molecular formula is C17H25Cl2NO. The van der Waals surface area contributed by atoms with Crippen molar-refractivity contribution in [3.05, 3.63) is 33.8 Å². The average Bonchev–Trinajstić information content (AvgIpc) is 2.50. The van der Waals surface area contributed by atoms with E-state index < -0.39 is 0 Å². The normalized spacial score (nSPS) is 19.4. The molecule has 2 nitrogen and oxygen atoms in total. The predicted octanol–water partition coefficient (Wildman–Crippen LogP) is 4.86. The van der Waals surface area contributed by atoms with Crippen LogP contribution in [-0.2, 0) is 11.2 Å². The number of hydrogen-bond donors (Lipinski definition) is 1. The van der Waals surface area contributed by atoms with Gasteiger partial charge in [-0.3, -0.25) is 0 Å². The number of likely N-dealkylation sites (N-methyl/N-ethyl adjacent to an activating group) is 1. The van der Waals surface area contributed by atoms with Crippen molar-refractivity contribution in [2.45, 2.75) is 57.1 Å². The Balaban J connectivity index is 2.25. The monoisotopic (exact) mass is 329 g/mol. The van der Waals surface area contributed by atoms with Gasteiger partial charge in [0.1, 0.15) is 0 Å². The fraction of sp³-hybridized carbons (Fsp3) is 0.647. The molecule has 0 aromatic heterocycles. The lowest BCUT2D eigenvalue weighted by Gasteiger charge is -2.43. The highest BCUT2D eigenvalue weighted by Gasteiger charge is 2.40. The molecular weight excluding hydrogens is 305 g/mol. The first kappa shape index (κ1) is 17.1. The largest absolute Gasteiger partial charge is 0.377 e. The fourth-order valence-electron chi connectivity index (χ4n) is 3.47. The molecule has 21 heavy (non-hydrogen) atoms.